The van der Waals surface area contributed by atoms with Gasteiger partial charge in [0.25, 0.3) is 5.91 Å². The number of hydrogen-bond donors (Lipinski definition) is 1. The van der Waals surface area contributed by atoms with Crippen LogP contribution in [0.1, 0.15) is 59.1 Å². The zero-order valence-corrected chi connectivity index (χ0v) is 17.6. The predicted molar refractivity (Wildman–Crippen MR) is 111 cm³/mol. The third-order valence-electron chi connectivity index (χ3n) is 5.71. The lowest BCUT2D eigenvalue weighted by molar-refractivity contribution is -0.127. The summed E-state index contributed by atoms with van der Waals surface area (Å²) in [5.74, 6) is -0.180. The van der Waals surface area contributed by atoms with E-state index in [1.54, 1.807) is 16.2 Å². The maximum absolute atomic E-state index is 13.3. The molecule has 0 radical (unpaired) electrons. The highest BCUT2D eigenvalue weighted by Gasteiger charge is 2.29. The molecule has 5 nitrogen and oxygen atoms in total. The molecule has 2 aromatic rings. The van der Waals surface area contributed by atoms with Crippen molar-refractivity contribution in [1.29, 1.82) is 0 Å². The standard InChI is InChI=1S/C21H23ClFN3O2S/c22-18-9-15(23)6-7-17(18)21(28)26-8-2-5-14(11-26)20-25-16(12-29-20)10-24-19(27)13-3-1-4-13/h6-7,9,12-14H,1-5,8,10-11H2,(H,24,27)/t14-/m0/s1. The number of nitrogens with one attached hydrogen (secondary N) is 1. The van der Waals surface area contributed by atoms with Gasteiger partial charge in [-0.1, -0.05) is 18.0 Å². The van der Waals surface area contributed by atoms with Crippen molar-refractivity contribution in [2.75, 3.05) is 13.1 Å². The average Bonchev–Trinajstić information content (AvgIpc) is 3.14. The van der Waals surface area contributed by atoms with Crippen LogP contribution in [-0.2, 0) is 11.3 Å². The first-order valence-corrected chi connectivity index (χ1v) is 11.2. The van der Waals surface area contributed by atoms with E-state index >= 15 is 0 Å². The van der Waals surface area contributed by atoms with Gasteiger partial charge in [0.15, 0.2) is 0 Å². The fourth-order valence-corrected chi connectivity index (χ4v) is 4.98. The Kier molecular flexibility index (Phi) is 6.15. The Morgan fingerprint density at radius 1 is 1.28 bits per heavy atom. The molecule has 2 fully saturated rings. The largest absolute Gasteiger partial charge is 0.350 e. The van der Waals surface area contributed by atoms with Crippen molar-refractivity contribution in [2.45, 2.75) is 44.6 Å². The van der Waals surface area contributed by atoms with Gasteiger partial charge in [0.1, 0.15) is 5.82 Å². The van der Waals surface area contributed by atoms with Gasteiger partial charge in [-0.2, -0.15) is 0 Å². The van der Waals surface area contributed by atoms with Crippen molar-refractivity contribution < 1.29 is 14.0 Å². The number of hydrogen-bond acceptors (Lipinski definition) is 4. The summed E-state index contributed by atoms with van der Waals surface area (Å²) in [7, 11) is 0. The van der Waals surface area contributed by atoms with Crippen molar-refractivity contribution >= 4 is 34.8 Å². The van der Waals surface area contributed by atoms with Crippen LogP contribution in [-0.4, -0.2) is 34.8 Å². The Bertz CT molecular complexity index is 915. The second kappa shape index (κ2) is 8.79. The predicted octanol–water partition coefficient (Wildman–Crippen LogP) is 4.37. The summed E-state index contributed by atoms with van der Waals surface area (Å²) in [6, 6.07) is 3.86. The topological polar surface area (TPSA) is 62.3 Å². The molecule has 2 aliphatic rings. The molecule has 2 amide bonds. The highest BCUT2D eigenvalue weighted by Crippen LogP contribution is 2.31. The van der Waals surface area contributed by atoms with Crippen molar-refractivity contribution in [3.05, 3.63) is 50.7 Å². The van der Waals surface area contributed by atoms with E-state index in [-0.39, 0.29) is 28.7 Å². The smallest absolute Gasteiger partial charge is 0.255 e. The van der Waals surface area contributed by atoms with Crippen molar-refractivity contribution in [3.63, 3.8) is 0 Å². The number of aromatic nitrogens is 1. The summed E-state index contributed by atoms with van der Waals surface area (Å²) < 4.78 is 13.3. The van der Waals surface area contributed by atoms with E-state index in [1.165, 1.54) is 18.2 Å². The Morgan fingerprint density at radius 2 is 2.10 bits per heavy atom. The maximum atomic E-state index is 13.3. The second-order valence-corrected chi connectivity index (χ2v) is 9.03. The molecular weight excluding hydrogens is 413 g/mol. The lowest BCUT2D eigenvalue weighted by Crippen LogP contribution is -2.39. The first-order chi connectivity index (χ1) is 14.0. The number of thiazole rings is 1. The molecule has 0 bridgehead atoms. The number of carbonyl (C=O) groups is 2. The van der Waals surface area contributed by atoms with E-state index in [1.807, 2.05) is 5.38 Å². The fourth-order valence-electron chi connectivity index (χ4n) is 3.78. The summed E-state index contributed by atoms with van der Waals surface area (Å²) >= 11 is 7.64. The maximum Gasteiger partial charge on any atom is 0.255 e. The molecule has 154 valence electrons. The zero-order valence-electron chi connectivity index (χ0n) is 16.0. The first kappa shape index (κ1) is 20.3. The molecule has 1 N–H and O–H groups in total. The SMILES string of the molecule is O=C(NCc1csc([C@H]2CCCN(C(=O)c3ccc(F)cc3Cl)C2)n1)C1CCC1. The summed E-state index contributed by atoms with van der Waals surface area (Å²) in [6.45, 7) is 1.67. The van der Waals surface area contributed by atoms with E-state index in [2.05, 4.69) is 5.32 Å². The number of piperidine rings is 1. The number of amides is 2. The van der Waals surface area contributed by atoms with Crippen LogP contribution >= 0.6 is 22.9 Å². The Labute approximate surface area is 178 Å². The summed E-state index contributed by atoms with van der Waals surface area (Å²) in [5, 5.41) is 6.07. The highest BCUT2D eigenvalue weighted by molar-refractivity contribution is 7.09. The minimum absolute atomic E-state index is 0.122. The highest BCUT2D eigenvalue weighted by atomic mass is 35.5. The first-order valence-electron chi connectivity index (χ1n) is 9.97. The summed E-state index contributed by atoms with van der Waals surface area (Å²) in [6.07, 6.45) is 4.94. The molecule has 1 atom stereocenters. The van der Waals surface area contributed by atoms with Crippen LogP contribution in [0.3, 0.4) is 0 Å². The molecule has 8 heteroatoms. The molecular formula is C21H23ClFN3O2S. The normalized spacial score (nSPS) is 19.7. The van der Waals surface area contributed by atoms with Crippen LogP contribution in [0.2, 0.25) is 5.02 Å². The number of halogens is 2. The molecule has 1 aliphatic heterocycles. The number of benzene rings is 1. The van der Waals surface area contributed by atoms with E-state index in [0.29, 0.717) is 25.2 Å². The quantitative estimate of drug-likeness (QED) is 0.758. The van der Waals surface area contributed by atoms with Gasteiger partial charge in [-0.25, -0.2) is 9.37 Å². The van der Waals surface area contributed by atoms with Crippen LogP contribution in [0.4, 0.5) is 4.39 Å². The molecule has 4 rings (SSSR count). The summed E-state index contributed by atoms with van der Waals surface area (Å²) in [5.41, 5.74) is 1.19. The second-order valence-electron chi connectivity index (χ2n) is 7.74. The van der Waals surface area contributed by atoms with Gasteiger partial charge >= 0.3 is 0 Å². The third-order valence-corrected chi connectivity index (χ3v) is 7.08. The van der Waals surface area contributed by atoms with Crippen LogP contribution in [0.15, 0.2) is 23.6 Å². The number of likely N-dealkylation sites (tertiary alicyclic amines) is 1. The molecule has 1 aromatic carbocycles. The van der Waals surface area contributed by atoms with Crippen LogP contribution in [0.5, 0.6) is 0 Å². The Hall–Kier alpha value is -1.99. The summed E-state index contributed by atoms with van der Waals surface area (Å²) in [4.78, 5) is 31.3. The van der Waals surface area contributed by atoms with Crippen molar-refractivity contribution in [2.24, 2.45) is 5.92 Å². The van der Waals surface area contributed by atoms with E-state index in [0.717, 1.165) is 42.8 Å². The molecule has 1 aromatic heterocycles. The van der Waals surface area contributed by atoms with Crippen molar-refractivity contribution in [3.8, 4) is 0 Å². The molecule has 0 spiro atoms. The lowest BCUT2D eigenvalue weighted by atomic mass is 9.85. The minimum Gasteiger partial charge on any atom is -0.350 e. The lowest BCUT2D eigenvalue weighted by Gasteiger charge is -2.32. The van der Waals surface area contributed by atoms with Gasteiger partial charge in [-0.3, -0.25) is 9.59 Å². The molecule has 2 heterocycles. The van der Waals surface area contributed by atoms with Crippen molar-refractivity contribution in [1.82, 2.24) is 15.2 Å². The van der Waals surface area contributed by atoms with Crippen LogP contribution < -0.4 is 5.32 Å². The molecule has 29 heavy (non-hydrogen) atoms. The fraction of sp³-hybridized carbons (Fsp3) is 0.476. The van der Waals surface area contributed by atoms with Gasteiger partial charge in [0, 0.05) is 30.3 Å². The minimum atomic E-state index is -0.456. The molecule has 0 unspecified atom stereocenters. The van der Waals surface area contributed by atoms with Gasteiger partial charge in [-0.05, 0) is 43.9 Å². The van der Waals surface area contributed by atoms with E-state index in [4.69, 9.17) is 16.6 Å². The van der Waals surface area contributed by atoms with Crippen LogP contribution in [0.25, 0.3) is 0 Å². The third kappa shape index (κ3) is 4.61. The van der Waals surface area contributed by atoms with E-state index in [9.17, 15) is 14.0 Å². The Balaban J connectivity index is 1.37. The molecule has 1 aliphatic carbocycles. The van der Waals surface area contributed by atoms with Gasteiger partial charge < -0.3 is 10.2 Å². The van der Waals surface area contributed by atoms with E-state index < -0.39 is 5.82 Å². The average molecular weight is 436 g/mol. The number of nitrogens with zero attached hydrogens (tertiary/aromatic N) is 2. The zero-order chi connectivity index (χ0) is 20.4. The van der Waals surface area contributed by atoms with Gasteiger partial charge in [0.05, 0.1) is 27.8 Å². The van der Waals surface area contributed by atoms with Crippen LogP contribution in [0, 0.1) is 11.7 Å². The monoisotopic (exact) mass is 435 g/mol. The number of carbonyl (C=O) groups excluding carboxylic acids is 2. The molecule has 1 saturated carbocycles. The number of rotatable bonds is 5. The van der Waals surface area contributed by atoms with Gasteiger partial charge in [0.2, 0.25) is 5.91 Å². The molecule has 1 saturated heterocycles. The Morgan fingerprint density at radius 3 is 2.83 bits per heavy atom. The van der Waals surface area contributed by atoms with Gasteiger partial charge in [-0.15, -0.1) is 11.3 Å².